The molecule has 34 heavy (non-hydrogen) atoms. The fourth-order valence-corrected chi connectivity index (χ4v) is 4.18. The van der Waals surface area contributed by atoms with Crippen molar-refractivity contribution < 1.29 is 14.0 Å². The van der Waals surface area contributed by atoms with E-state index in [1.54, 1.807) is 61.8 Å². The summed E-state index contributed by atoms with van der Waals surface area (Å²) in [6, 6.07) is 17.6. The van der Waals surface area contributed by atoms with Gasteiger partial charge in [0, 0.05) is 12.6 Å². The van der Waals surface area contributed by atoms with E-state index in [9.17, 15) is 9.59 Å². The first kappa shape index (κ1) is 23.4. The molecule has 3 N–H and O–H groups in total. The average molecular weight is 497 g/mol. The van der Waals surface area contributed by atoms with Crippen LogP contribution >= 0.6 is 23.4 Å². The van der Waals surface area contributed by atoms with Gasteiger partial charge in [-0.1, -0.05) is 47.6 Å². The lowest BCUT2D eigenvalue weighted by Crippen LogP contribution is -2.31. The van der Waals surface area contributed by atoms with Gasteiger partial charge in [0.1, 0.15) is 5.76 Å². The molecule has 0 saturated carbocycles. The van der Waals surface area contributed by atoms with E-state index < -0.39 is 0 Å². The molecule has 0 atom stereocenters. The van der Waals surface area contributed by atoms with E-state index in [-0.39, 0.29) is 24.1 Å². The fraction of sp³-hybridized carbons (Fsp3) is 0.130. The highest BCUT2D eigenvalue weighted by atomic mass is 35.5. The second-order valence-corrected chi connectivity index (χ2v) is 8.53. The van der Waals surface area contributed by atoms with Crippen molar-refractivity contribution in [3.05, 3.63) is 83.3 Å². The van der Waals surface area contributed by atoms with Crippen LogP contribution < -0.4 is 16.1 Å². The third-order valence-corrected chi connectivity index (χ3v) is 6.25. The number of amides is 2. The Balaban J connectivity index is 1.43. The average Bonchev–Trinajstić information content (AvgIpc) is 3.50. The maximum Gasteiger partial charge on any atom is 0.253 e. The second-order valence-electron chi connectivity index (χ2n) is 7.18. The van der Waals surface area contributed by atoms with E-state index >= 15 is 0 Å². The van der Waals surface area contributed by atoms with E-state index in [1.807, 2.05) is 12.1 Å². The number of hydrogen-bond acceptors (Lipinski definition) is 7. The number of anilines is 1. The Morgan fingerprint density at radius 2 is 1.88 bits per heavy atom. The second kappa shape index (κ2) is 10.4. The summed E-state index contributed by atoms with van der Waals surface area (Å²) in [5.74, 6) is 6.66. The number of rotatable bonds is 8. The van der Waals surface area contributed by atoms with Crippen LogP contribution in [-0.4, -0.2) is 39.5 Å². The smallest absolute Gasteiger partial charge is 0.253 e. The number of benzene rings is 2. The molecule has 2 amide bonds. The highest BCUT2D eigenvalue weighted by Crippen LogP contribution is 2.28. The zero-order chi connectivity index (χ0) is 24.1. The molecule has 2 aromatic carbocycles. The van der Waals surface area contributed by atoms with Gasteiger partial charge in [0.15, 0.2) is 5.82 Å². The van der Waals surface area contributed by atoms with Gasteiger partial charge in [0.05, 0.1) is 34.8 Å². The molecule has 11 heteroatoms. The molecule has 0 aliphatic carbocycles. The van der Waals surface area contributed by atoms with Crippen molar-refractivity contribution in [3.8, 4) is 11.4 Å². The third-order valence-electron chi connectivity index (χ3n) is 4.99. The maximum absolute atomic E-state index is 12.9. The summed E-state index contributed by atoms with van der Waals surface area (Å²) >= 11 is 7.37. The lowest BCUT2D eigenvalue weighted by Gasteiger charge is -2.20. The number of nitrogen functional groups attached to an aromatic ring is 1. The molecular formula is C23H21ClN6O3S. The number of nitrogens with two attached hydrogens (primary N) is 1. The summed E-state index contributed by atoms with van der Waals surface area (Å²) in [7, 11) is 1.61. The monoisotopic (exact) mass is 496 g/mol. The summed E-state index contributed by atoms with van der Waals surface area (Å²) in [5, 5.41) is 11.8. The minimum absolute atomic E-state index is 0.0384. The van der Waals surface area contributed by atoms with Gasteiger partial charge in [-0.2, -0.15) is 0 Å². The van der Waals surface area contributed by atoms with Crippen molar-refractivity contribution >= 4 is 40.9 Å². The van der Waals surface area contributed by atoms with Gasteiger partial charge in [0.25, 0.3) is 5.91 Å². The number of aromatic nitrogens is 3. The summed E-state index contributed by atoms with van der Waals surface area (Å²) < 4.78 is 6.54. The number of hydrogen-bond donors (Lipinski definition) is 2. The number of nitrogens with one attached hydrogen (secondary N) is 1. The third kappa shape index (κ3) is 5.08. The van der Waals surface area contributed by atoms with Crippen molar-refractivity contribution in [2.75, 3.05) is 23.5 Å². The Hall–Kier alpha value is -3.76. The van der Waals surface area contributed by atoms with E-state index in [4.69, 9.17) is 21.9 Å². The SMILES string of the molecule is CN(C(=O)CSc1nnc(-c2ccccc2Cl)n1N)c1ccccc1C(=O)NCc1ccco1. The Kier molecular flexibility index (Phi) is 7.19. The molecule has 0 fully saturated rings. The van der Waals surface area contributed by atoms with E-state index in [0.717, 1.165) is 11.8 Å². The molecule has 0 saturated heterocycles. The summed E-state index contributed by atoms with van der Waals surface area (Å²) in [6.45, 7) is 0.244. The molecule has 2 aromatic heterocycles. The molecule has 0 unspecified atom stereocenters. The Bertz CT molecular complexity index is 1310. The van der Waals surface area contributed by atoms with Crippen LogP contribution in [0.4, 0.5) is 5.69 Å². The fourth-order valence-electron chi connectivity index (χ4n) is 3.19. The molecule has 0 bridgehead atoms. The molecule has 9 nitrogen and oxygen atoms in total. The van der Waals surface area contributed by atoms with Gasteiger partial charge in [-0.15, -0.1) is 10.2 Å². The van der Waals surface area contributed by atoms with Crippen LogP contribution in [0.1, 0.15) is 16.1 Å². The molecule has 4 aromatic rings. The molecule has 174 valence electrons. The number of carbonyl (C=O) groups excluding carboxylic acids is 2. The zero-order valence-corrected chi connectivity index (χ0v) is 19.7. The summed E-state index contributed by atoms with van der Waals surface area (Å²) in [5.41, 5.74) is 1.50. The highest BCUT2D eigenvalue weighted by molar-refractivity contribution is 7.99. The molecular weight excluding hydrogens is 476 g/mol. The van der Waals surface area contributed by atoms with Crippen molar-refractivity contribution in [1.82, 2.24) is 20.2 Å². The van der Waals surface area contributed by atoms with Crippen LogP contribution in [0, 0.1) is 0 Å². The first-order valence-electron chi connectivity index (χ1n) is 10.2. The van der Waals surface area contributed by atoms with Gasteiger partial charge < -0.3 is 20.5 Å². The predicted molar refractivity (Wildman–Crippen MR) is 131 cm³/mol. The summed E-state index contributed by atoms with van der Waals surface area (Å²) in [4.78, 5) is 27.1. The largest absolute Gasteiger partial charge is 0.467 e. The van der Waals surface area contributed by atoms with E-state index in [0.29, 0.717) is 38.6 Å². The topological polar surface area (TPSA) is 119 Å². The Labute approximate surface area is 204 Å². The Morgan fingerprint density at radius 3 is 2.65 bits per heavy atom. The van der Waals surface area contributed by atoms with Gasteiger partial charge in [-0.25, -0.2) is 4.68 Å². The van der Waals surface area contributed by atoms with Gasteiger partial charge in [0.2, 0.25) is 11.1 Å². The van der Waals surface area contributed by atoms with Gasteiger partial charge in [-0.05, 0) is 36.4 Å². The lowest BCUT2D eigenvalue weighted by molar-refractivity contribution is -0.115. The number of nitrogens with zero attached hydrogens (tertiary/aromatic N) is 4. The normalized spacial score (nSPS) is 10.8. The number of carbonyl (C=O) groups is 2. The number of thioether (sulfide) groups is 1. The van der Waals surface area contributed by atoms with Crippen molar-refractivity contribution in [2.24, 2.45) is 0 Å². The first-order chi connectivity index (χ1) is 16.5. The van der Waals surface area contributed by atoms with Crippen LogP contribution in [-0.2, 0) is 11.3 Å². The Morgan fingerprint density at radius 1 is 1.12 bits per heavy atom. The molecule has 0 radical (unpaired) electrons. The van der Waals surface area contributed by atoms with Crippen LogP contribution in [0.25, 0.3) is 11.4 Å². The van der Waals surface area contributed by atoms with Gasteiger partial charge >= 0.3 is 0 Å². The van der Waals surface area contributed by atoms with Crippen LogP contribution in [0.5, 0.6) is 0 Å². The minimum atomic E-state index is -0.314. The van der Waals surface area contributed by atoms with E-state index in [2.05, 4.69) is 15.5 Å². The van der Waals surface area contributed by atoms with Gasteiger partial charge in [-0.3, -0.25) is 9.59 Å². The lowest BCUT2D eigenvalue weighted by atomic mass is 10.1. The summed E-state index contributed by atoms with van der Waals surface area (Å²) in [6.07, 6.45) is 1.54. The zero-order valence-electron chi connectivity index (χ0n) is 18.1. The van der Waals surface area contributed by atoms with Crippen molar-refractivity contribution in [3.63, 3.8) is 0 Å². The van der Waals surface area contributed by atoms with Crippen molar-refractivity contribution in [1.29, 1.82) is 0 Å². The van der Waals surface area contributed by atoms with E-state index in [1.165, 1.54) is 9.58 Å². The van der Waals surface area contributed by atoms with Crippen LogP contribution in [0.2, 0.25) is 5.02 Å². The standard InChI is InChI=1S/C23H21ClN6O3S/c1-29(19-11-5-3-9-17(19)22(32)26-13-15-7-6-12-33-15)20(31)14-34-23-28-27-21(30(23)25)16-8-2-4-10-18(16)24/h2-12H,13-14,25H2,1H3,(H,26,32). The minimum Gasteiger partial charge on any atom is -0.467 e. The molecule has 2 heterocycles. The molecule has 0 aliphatic heterocycles. The number of halogens is 1. The number of furan rings is 1. The quantitative estimate of drug-likeness (QED) is 0.282. The molecule has 0 spiro atoms. The molecule has 0 aliphatic rings. The maximum atomic E-state index is 12.9. The number of para-hydroxylation sites is 1. The van der Waals surface area contributed by atoms with Crippen LogP contribution in [0.15, 0.2) is 76.5 Å². The first-order valence-corrected chi connectivity index (χ1v) is 11.6. The molecule has 4 rings (SSSR count). The predicted octanol–water partition coefficient (Wildman–Crippen LogP) is 3.59. The van der Waals surface area contributed by atoms with Crippen LogP contribution in [0.3, 0.4) is 0 Å². The highest BCUT2D eigenvalue weighted by Gasteiger charge is 2.21. The van der Waals surface area contributed by atoms with Crippen molar-refractivity contribution in [2.45, 2.75) is 11.7 Å².